The summed E-state index contributed by atoms with van der Waals surface area (Å²) < 4.78 is 22.3. The molecule has 4 atom stereocenters. The third-order valence-corrected chi connectivity index (χ3v) is 5.70. The van der Waals surface area contributed by atoms with Crippen LogP contribution in [0.5, 0.6) is 11.5 Å². The summed E-state index contributed by atoms with van der Waals surface area (Å²) in [4.78, 5) is 12.4. The van der Waals surface area contributed by atoms with Crippen LogP contribution >= 0.6 is 0 Å². The molecular weight excluding hydrogens is 348 g/mol. The summed E-state index contributed by atoms with van der Waals surface area (Å²) in [7, 11) is 3.15. The summed E-state index contributed by atoms with van der Waals surface area (Å²) in [5.41, 5.74) is 0.0931. The van der Waals surface area contributed by atoms with Gasteiger partial charge in [0.05, 0.1) is 20.8 Å². The number of fused-ring (bicyclic) bond motifs is 1. The molecule has 6 nitrogen and oxygen atoms in total. The second-order valence-electron chi connectivity index (χ2n) is 7.04. The van der Waals surface area contributed by atoms with Gasteiger partial charge < -0.3 is 24.1 Å². The van der Waals surface area contributed by atoms with Crippen LogP contribution in [0.25, 0.3) is 0 Å². The van der Waals surface area contributed by atoms with E-state index in [1.807, 2.05) is 19.1 Å². The van der Waals surface area contributed by atoms with Crippen molar-refractivity contribution in [3.05, 3.63) is 48.6 Å². The van der Waals surface area contributed by atoms with Crippen molar-refractivity contribution in [3.63, 3.8) is 0 Å². The molecule has 1 fully saturated rings. The zero-order valence-electron chi connectivity index (χ0n) is 15.9. The van der Waals surface area contributed by atoms with Crippen LogP contribution in [0.2, 0.25) is 0 Å². The first-order valence-corrected chi connectivity index (χ1v) is 8.96. The fraction of sp³-hybridized carbons (Fsp3) is 0.476. The van der Waals surface area contributed by atoms with Gasteiger partial charge in [-0.3, -0.25) is 4.79 Å². The van der Waals surface area contributed by atoms with E-state index in [9.17, 15) is 9.90 Å². The Hall–Kier alpha value is -2.15. The van der Waals surface area contributed by atoms with E-state index in [1.54, 1.807) is 32.4 Å². The van der Waals surface area contributed by atoms with Crippen molar-refractivity contribution in [1.82, 2.24) is 0 Å². The highest BCUT2D eigenvalue weighted by Gasteiger charge is 2.67. The van der Waals surface area contributed by atoms with E-state index in [0.29, 0.717) is 24.3 Å². The first kappa shape index (κ1) is 19.6. The number of benzene rings is 1. The summed E-state index contributed by atoms with van der Waals surface area (Å²) in [5.74, 6) is -1.30. The van der Waals surface area contributed by atoms with E-state index < -0.39 is 23.3 Å². The van der Waals surface area contributed by atoms with Gasteiger partial charge in [0.25, 0.3) is 0 Å². The Labute approximate surface area is 159 Å². The second-order valence-corrected chi connectivity index (χ2v) is 7.04. The van der Waals surface area contributed by atoms with Crippen LogP contribution < -0.4 is 9.47 Å². The first-order valence-electron chi connectivity index (χ1n) is 8.96. The van der Waals surface area contributed by atoms with Crippen LogP contribution in [0.4, 0.5) is 0 Å². The first-order chi connectivity index (χ1) is 12.9. The Kier molecular flexibility index (Phi) is 5.42. The van der Waals surface area contributed by atoms with Gasteiger partial charge >= 0.3 is 0 Å². The number of carbonyl (C=O) groups is 1. The van der Waals surface area contributed by atoms with Crippen LogP contribution in [0.3, 0.4) is 0 Å². The van der Waals surface area contributed by atoms with E-state index in [2.05, 4.69) is 6.58 Å². The number of ether oxygens (including phenoxy) is 4. The number of aliphatic hydroxyl groups is 1. The minimum absolute atomic E-state index is 0.199. The fourth-order valence-corrected chi connectivity index (χ4v) is 4.07. The van der Waals surface area contributed by atoms with E-state index in [-0.39, 0.29) is 12.5 Å². The quantitative estimate of drug-likeness (QED) is 0.740. The van der Waals surface area contributed by atoms with Crippen molar-refractivity contribution in [2.24, 2.45) is 11.3 Å². The molecule has 2 aliphatic rings. The minimum atomic E-state index is -1.89. The van der Waals surface area contributed by atoms with Crippen LogP contribution in [-0.2, 0) is 20.9 Å². The van der Waals surface area contributed by atoms with E-state index in [4.69, 9.17) is 18.9 Å². The molecule has 0 bridgehead atoms. The molecule has 146 valence electrons. The van der Waals surface area contributed by atoms with Crippen molar-refractivity contribution < 1.29 is 28.8 Å². The highest BCUT2D eigenvalue weighted by Crippen LogP contribution is 2.56. The van der Waals surface area contributed by atoms with Crippen LogP contribution in [0.15, 0.2) is 43.0 Å². The van der Waals surface area contributed by atoms with Gasteiger partial charge in [-0.15, -0.1) is 6.58 Å². The zero-order chi connectivity index (χ0) is 19.7. The molecule has 1 aliphatic carbocycles. The number of hydrogen-bond acceptors (Lipinski definition) is 6. The highest BCUT2D eigenvalue weighted by molar-refractivity contribution is 5.97. The Bertz CT molecular complexity index is 757. The number of carbonyl (C=O) groups excluding carboxylic acids is 1. The van der Waals surface area contributed by atoms with Crippen molar-refractivity contribution in [2.75, 3.05) is 14.2 Å². The molecule has 4 unspecified atom stereocenters. The molecule has 1 heterocycles. The van der Waals surface area contributed by atoms with Crippen molar-refractivity contribution in [2.45, 2.75) is 38.4 Å². The molecule has 0 radical (unpaired) electrons. The van der Waals surface area contributed by atoms with Crippen LogP contribution in [0, 0.1) is 11.3 Å². The molecule has 1 aromatic carbocycles. The van der Waals surface area contributed by atoms with E-state index in [1.165, 1.54) is 6.08 Å². The summed E-state index contributed by atoms with van der Waals surface area (Å²) in [5, 5.41) is 11.1. The van der Waals surface area contributed by atoms with Gasteiger partial charge in [-0.25, -0.2) is 0 Å². The number of hydrogen-bond donors (Lipinski definition) is 1. The molecule has 3 rings (SSSR count). The maximum Gasteiger partial charge on any atom is 0.239 e. The van der Waals surface area contributed by atoms with E-state index in [0.717, 1.165) is 5.56 Å². The Balaban J connectivity index is 1.79. The Morgan fingerprint density at radius 1 is 1.33 bits per heavy atom. The van der Waals surface area contributed by atoms with Gasteiger partial charge in [0.2, 0.25) is 11.6 Å². The molecule has 0 aromatic heterocycles. The fourth-order valence-electron chi connectivity index (χ4n) is 4.07. The van der Waals surface area contributed by atoms with E-state index >= 15 is 0 Å². The normalized spacial score (nSPS) is 32.2. The minimum Gasteiger partial charge on any atom is -0.493 e. The summed E-state index contributed by atoms with van der Waals surface area (Å²) >= 11 is 0. The summed E-state index contributed by atoms with van der Waals surface area (Å²) in [6.07, 6.45) is 5.15. The van der Waals surface area contributed by atoms with Gasteiger partial charge in [0.1, 0.15) is 0 Å². The zero-order valence-corrected chi connectivity index (χ0v) is 15.9. The van der Waals surface area contributed by atoms with Gasteiger partial charge in [-0.2, -0.15) is 0 Å². The predicted molar refractivity (Wildman–Crippen MR) is 99.3 cm³/mol. The van der Waals surface area contributed by atoms with Crippen LogP contribution in [0.1, 0.15) is 25.3 Å². The largest absolute Gasteiger partial charge is 0.493 e. The molecular formula is C21H26O6. The predicted octanol–water partition coefficient (Wildman–Crippen LogP) is 2.99. The van der Waals surface area contributed by atoms with Crippen molar-refractivity contribution in [3.8, 4) is 11.5 Å². The lowest BCUT2D eigenvalue weighted by atomic mass is 9.64. The monoisotopic (exact) mass is 374 g/mol. The molecule has 1 aromatic rings. The number of ketones is 1. The van der Waals surface area contributed by atoms with Gasteiger partial charge in [0, 0.05) is 11.3 Å². The highest BCUT2D eigenvalue weighted by atomic mass is 16.7. The number of methoxy groups -OCH3 is 2. The molecule has 27 heavy (non-hydrogen) atoms. The Morgan fingerprint density at radius 2 is 2.07 bits per heavy atom. The summed E-state index contributed by atoms with van der Waals surface area (Å²) in [6, 6.07) is 5.50. The lowest BCUT2D eigenvalue weighted by Gasteiger charge is -2.42. The smallest absolute Gasteiger partial charge is 0.239 e. The SMILES string of the molecule is C=CCC12CC=CC(=O)C1(O)OC(OCc1ccc(OC)c(OC)c1)C2C. The molecule has 1 aliphatic heterocycles. The maximum absolute atomic E-state index is 12.4. The lowest BCUT2D eigenvalue weighted by molar-refractivity contribution is -0.262. The maximum atomic E-state index is 12.4. The standard InChI is InChI=1S/C21H26O6/c1-5-10-20-11-6-7-18(22)21(20,23)27-19(14(20)2)26-13-15-8-9-16(24-3)17(12-15)25-4/h5-9,12,14,19,23H,1,10-11,13H2,2-4H3. The molecule has 1 N–H and O–H groups in total. The average Bonchev–Trinajstić information content (AvgIpc) is 2.89. The lowest BCUT2D eigenvalue weighted by Crippen LogP contribution is -2.54. The number of rotatable bonds is 7. The van der Waals surface area contributed by atoms with Gasteiger partial charge in [0.15, 0.2) is 17.8 Å². The van der Waals surface area contributed by atoms with Crippen molar-refractivity contribution >= 4 is 5.78 Å². The molecule has 0 spiro atoms. The second kappa shape index (κ2) is 7.46. The molecule has 1 saturated heterocycles. The third kappa shape index (κ3) is 3.08. The van der Waals surface area contributed by atoms with Crippen molar-refractivity contribution in [1.29, 1.82) is 0 Å². The van der Waals surface area contributed by atoms with Gasteiger partial charge in [-0.05, 0) is 36.6 Å². The van der Waals surface area contributed by atoms with Crippen LogP contribution in [-0.4, -0.2) is 37.2 Å². The average molecular weight is 374 g/mol. The molecule has 0 amide bonds. The Morgan fingerprint density at radius 3 is 2.74 bits per heavy atom. The third-order valence-electron chi connectivity index (χ3n) is 5.70. The van der Waals surface area contributed by atoms with Gasteiger partial charge in [-0.1, -0.05) is 25.1 Å². The topological polar surface area (TPSA) is 74.2 Å². The number of allylic oxidation sites excluding steroid dienone is 2. The molecule has 0 saturated carbocycles. The summed E-state index contributed by atoms with van der Waals surface area (Å²) in [6.45, 7) is 5.97. The molecule has 6 heteroatoms.